The van der Waals surface area contributed by atoms with E-state index >= 15 is 0 Å². The van der Waals surface area contributed by atoms with Gasteiger partial charge in [-0.3, -0.25) is 0 Å². The minimum Gasteiger partial charge on any atom is -0.497 e. The van der Waals surface area contributed by atoms with Crippen LogP contribution in [-0.4, -0.2) is 24.4 Å². The fourth-order valence-electron chi connectivity index (χ4n) is 2.98. The molecule has 1 aliphatic rings. The molecule has 0 heterocycles. The van der Waals surface area contributed by atoms with Crippen molar-refractivity contribution in [2.45, 2.75) is 44.8 Å². The number of benzene rings is 1. The number of hydrogen-bond donors (Lipinski definition) is 2. The molecule has 0 aromatic heterocycles. The first-order valence-corrected chi connectivity index (χ1v) is 7.17. The van der Waals surface area contributed by atoms with Gasteiger partial charge < -0.3 is 15.2 Å². The summed E-state index contributed by atoms with van der Waals surface area (Å²) in [6.45, 7) is 3.71. The number of ether oxygens (including phenoxy) is 1. The van der Waals surface area contributed by atoms with Crippen LogP contribution in [0.25, 0.3) is 0 Å². The molecule has 0 radical (unpaired) electrons. The molecule has 1 aliphatic carbocycles. The van der Waals surface area contributed by atoms with E-state index in [2.05, 4.69) is 24.4 Å². The van der Waals surface area contributed by atoms with Crippen LogP contribution in [0.5, 0.6) is 5.75 Å². The molecule has 19 heavy (non-hydrogen) atoms. The first-order valence-electron chi connectivity index (χ1n) is 7.17. The van der Waals surface area contributed by atoms with E-state index in [1.54, 1.807) is 7.11 Å². The molecule has 3 nitrogen and oxygen atoms in total. The van der Waals surface area contributed by atoms with Crippen LogP contribution in [-0.2, 0) is 6.54 Å². The molecule has 3 heteroatoms. The molecular formula is C16H25NO2. The van der Waals surface area contributed by atoms with Crippen LogP contribution in [0, 0.1) is 5.92 Å². The van der Waals surface area contributed by atoms with Crippen LogP contribution >= 0.6 is 0 Å². The molecule has 1 fully saturated rings. The summed E-state index contributed by atoms with van der Waals surface area (Å²) in [4.78, 5) is 0. The van der Waals surface area contributed by atoms with E-state index in [4.69, 9.17) is 4.74 Å². The average molecular weight is 263 g/mol. The summed E-state index contributed by atoms with van der Waals surface area (Å²) in [5.74, 6) is 1.52. The third kappa shape index (κ3) is 4.22. The van der Waals surface area contributed by atoms with Crippen LogP contribution in [0.4, 0.5) is 0 Å². The topological polar surface area (TPSA) is 41.5 Å². The molecule has 1 saturated carbocycles. The highest BCUT2D eigenvalue weighted by atomic mass is 16.5. The summed E-state index contributed by atoms with van der Waals surface area (Å²) in [5, 5.41) is 13.9. The van der Waals surface area contributed by atoms with Gasteiger partial charge in [0.2, 0.25) is 0 Å². The fourth-order valence-corrected chi connectivity index (χ4v) is 2.98. The largest absolute Gasteiger partial charge is 0.497 e. The highest BCUT2D eigenvalue weighted by molar-refractivity contribution is 5.27. The molecule has 0 bridgehead atoms. The fraction of sp³-hybridized carbons (Fsp3) is 0.625. The SMILES string of the molecule is COc1ccc(CNCC2(O)CCCC(C)C2)cc1. The molecule has 0 amide bonds. The van der Waals surface area contributed by atoms with Crippen LogP contribution in [0.2, 0.25) is 0 Å². The number of methoxy groups -OCH3 is 1. The molecule has 2 unspecified atom stereocenters. The molecule has 2 rings (SSSR count). The highest BCUT2D eigenvalue weighted by Gasteiger charge is 2.31. The van der Waals surface area contributed by atoms with Gasteiger partial charge in [-0.25, -0.2) is 0 Å². The van der Waals surface area contributed by atoms with Gasteiger partial charge in [-0.05, 0) is 36.5 Å². The lowest BCUT2D eigenvalue weighted by atomic mass is 9.79. The monoisotopic (exact) mass is 263 g/mol. The normalized spacial score (nSPS) is 27.2. The van der Waals surface area contributed by atoms with Crippen molar-refractivity contribution in [1.29, 1.82) is 0 Å². The van der Waals surface area contributed by atoms with Crippen molar-refractivity contribution in [2.75, 3.05) is 13.7 Å². The van der Waals surface area contributed by atoms with Crippen LogP contribution in [0.3, 0.4) is 0 Å². The van der Waals surface area contributed by atoms with E-state index in [0.717, 1.165) is 31.6 Å². The van der Waals surface area contributed by atoms with Crippen molar-refractivity contribution >= 4 is 0 Å². The molecule has 1 aromatic rings. The Balaban J connectivity index is 1.79. The van der Waals surface area contributed by atoms with E-state index < -0.39 is 5.60 Å². The van der Waals surface area contributed by atoms with Crippen molar-refractivity contribution < 1.29 is 9.84 Å². The number of aliphatic hydroxyl groups is 1. The van der Waals surface area contributed by atoms with Gasteiger partial charge >= 0.3 is 0 Å². The predicted octanol–water partition coefficient (Wildman–Crippen LogP) is 2.73. The maximum Gasteiger partial charge on any atom is 0.118 e. The first kappa shape index (κ1) is 14.4. The van der Waals surface area contributed by atoms with E-state index in [0.29, 0.717) is 12.5 Å². The Hall–Kier alpha value is -1.06. The summed E-state index contributed by atoms with van der Waals surface area (Å²) in [5.41, 5.74) is 0.706. The van der Waals surface area contributed by atoms with Crippen molar-refractivity contribution in [3.63, 3.8) is 0 Å². The van der Waals surface area contributed by atoms with Gasteiger partial charge in [0.15, 0.2) is 0 Å². The smallest absolute Gasteiger partial charge is 0.118 e. The number of rotatable bonds is 5. The standard InChI is InChI=1S/C16H25NO2/c1-13-4-3-9-16(18,10-13)12-17-11-14-5-7-15(19-2)8-6-14/h5-8,13,17-18H,3-4,9-12H2,1-2H3. The van der Waals surface area contributed by atoms with Gasteiger partial charge in [-0.2, -0.15) is 0 Å². The van der Waals surface area contributed by atoms with Gasteiger partial charge in [0.05, 0.1) is 12.7 Å². The average Bonchev–Trinajstić information content (AvgIpc) is 2.39. The Bertz CT molecular complexity index is 390. The minimum atomic E-state index is -0.510. The summed E-state index contributed by atoms with van der Waals surface area (Å²) in [6, 6.07) is 8.04. The molecule has 106 valence electrons. The predicted molar refractivity (Wildman–Crippen MR) is 77.3 cm³/mol. The maximum absolute atomic E-state index is 10.5. The van der Waals surface area contributed by atoms with Crippen LogP contribution < -0.4 is 10.1 Å². The van der Waals surface area contributed by atoms with Crippen molar-refractivity contribution in [2.24, 2.45) is 5.92 Å². The lowest BCUT2D eigenvalue weighted by Gasteiger charge is -2.35. The third-order valence-electron chi connectivity index (χ3n) is 4.01. The van der Waals surface area contributed by atoms with Gasteiger partial charge in [0.1, 0.15) is 5.75 Å². The Morgan fingerprint density at radius 1 is 1.37 bits per heavy atom. The summed E-state index contributed by atoms with van der Waals surface area (Å²) in [7, 11) is 1.67. The second-order valence-corrected chi connectivity index (χ2v) is 5.88. The second-order valence-electron chi connectivity index (χ2n) is 5.88. The lowest BCUT2D eigenvalue weighted by Crippen LogP contribution is -2.43. The number of hydrogen-bond acceptors (Lipinski definition) is 3. The zero-order valence-corrected chi connectivity index (χ0v) is 12.0. The molecular weight excluding hydrogens is 238 g/mol. The summed E-state index contributed by atoms with van der Waals surface area (Å²) < 4.78 is 5.14. The third-order valence-corrected chi connectivity index (χ3v) is 4.01. The van der Waals surface area contributed by atoms with E-state index in [1.165, 1.54) is 12.0 Å². The zero-order valence-electron chi connectivity index (χ0n) is 12.0. The highest BCUT2D eigenvalue weighted by Crippen LogP contribution is 2.31. The van der Waals surface area contributed by atoms with Crippen molar-refractivity contribution in [1.82, 2.24) is 5.32 Å². The molecule has 0 aliphatic heterocycles. The molecule has 2 N–H and O–H groups in total. The second kappa shape index (κ2) is 6.40. The van der Waals surface area contributed by atoms with E-state index in [-0.39, 0.29) is 0 Å². The lowest BCUT2D eigenvalue weighted by molar-refractivity contribution is -0.0119. The summed E-state index contributed by atoms with van der Waals surface area (Å²) in [6.07, 6.45) is 4.23. The van der Waals surface area contributed by atoms with Crippen molar-refractivity contribution in [3.05, 3.63) is 29.8 Å². The molecule has 2 atom stereocenters. The Labute approximate surface area is 116 Å². The number of nitrogens with one attached hydrogen (secondary N) is 1. The van der Waals surface area contributed by atoms with Crippen LogP contribution in [0.1, 0.15) is 38.2 Å². The Kier molecular flexibility index (Phi) is 4.83. The van der Waals surface area contributed by atoms with Gasteiger partial charge in [0.25, 0.3) is 0 Å². The Morgan fingerprint density at radius 3 is 2.74 bits per heavy atom. The Morgan fingerprint density at radius 2 is 2.11 bits per heavy atom. The molecule has 0 saturated heterocycles. The molecule has 0 spiro atoms. The van der Waals surface area contributed by atoms with E-state index in [9.17, 15) is 5.11 Å². The van der Waals surface area contributed by atoms with Crippen LogP contribution in [0.15, 0.2) is 24.3 Å². The van der Waals surface area contributed by atoms with Crippen molar-refractivity contribution in [3.8, 4) is 5.75 Å². The maximum atomic E-state index is 10.5. The quantitative estimate of drug-likeness (QED) is 0.858. The van der Waals surface area contributed by atoms with Gasteiger partial charge in [-0.15, -0.1) is 0 Å². The van der Waals surface area contributed by atoms with Gasteiger partial charge in [0, 0.05) is 13.1 Å². The van der Waals surface area contributed by atoms with E-state index in [1.807, 2.05) is 12.1 Å². The first-order chi connectivity index (χ1) is 9.11. The summed E-state index contributed by atoms with van der Waals surface area (Å²) >= 11 is 0. The molecule has 1 aromatic carbocycles. The van der Waals surface area contributed by atoms with Gasteiger partial charge in [-0.1, -0.05) is 31.9 Å². The zero-order chi connectivity index (χ0) is 13.7. The minimum absolute atomic E-state index is 0.510.